The molecular formula is C17H23ClN2O4. The lowest BCUT2D eigenvalue weighted by atomic mass is 10.1. The summed E-state index contributed by atoms with van der Waals surface area (Å²) in [6, 6.07) is 5.46. The third-order valence-electron chi connectivity index (χ3n) is 4.15. The van der Waals surface area contributed by atoms with Crippen LogP contribution < -0.4 is 15.4 Å². The maximum atomic E-state index is 12.3. The molecule has 2 atom stereocenters. The molecule has 24 heavy (non-hydrogen) atoms. The third-order valence-corrected chi connectivity index (χ3v) is 4.15. The Hall–Kier alpha value is -1.76. The van der Waals surface area contributed by atoms with Gasteiger partial charge in [-0.3, -0.25) is 4.79 Å². The van der Waals surface area contributed by atoms with Gasteiger partial charge in [-0.15, -0.1) is 12.4 Å². The van der Waals surface area contributed by atoms with Crippen molar-refractivity contribution in [3.8, 4) is 5.75 Å². The molecule has 2 heterocycles. The Morgan fingerprint density at radius 3 is 2.92 bits per heavy atom. The Labute approximate surface area is 147 Å². The molecule has 1 saturated heterocycles. The van der Waals surface area contributed by atoms with Gasteiger partial charge >= 0.3 is 0 Å². The van der Waals surface area contributed by atoms with E-state index in [0.717, 1.165) is 34.6 Å². The van der Waals surface area contributed by atoms with Crippen molar-refractivity contribution in [2.75, 3.05) is 26.8 Å². The van der Waals surface area contributed by atoms with Gasteiger partial charge in [-0.1, -0.05) is 0 Å². The van der Waals surface area contributed by atoms with Crippen molar-refractivity contribution in [2.24, 2.45) is 0 Å². The van der Waals surface area contributed by atoms with Crippen molar-refractivity contribution < 1.29 is 18.7 Å². The summed E-state index contributed by atoms with van der Waals surface area (Å²) in [5, 5.41) is 7.11. The van der Waals surface area contributed by atoms with E-state index in [4.69, 9.17) is 13.9 Å². The fourth-order valence-corrected chi connectivity index (χ4v) is 2.86. The molecule has 132 valence electrons. The number of fused-ring (bicyclic) bond motifs is 1. The molecule has 1 amide bonds. The van der Waals surface area contributed by atoms with Crippen molar-refractivity contribution in [3.63, 3.8) is 0 Å². The average molecular weight is 355 g/mol. The predicted octanol–water partition coefficient (Wildman–Crippen LogP) is 2.34. The minimum atomic E-state index is -0.448. The van der Waals surface area contributed by atoms with Gasteiger partial charge in [-0.2, -0.15) is 0 Å². The second-order valence-corrected chi connectivity index (χ2v) is 5.75. The molecule has 1 fully saturated rings. The summed E-state index contributed by atoms with van der Waals surface area (Å²) in [6.45, 7) is 5.77. The van der Waals surface area contributed by atoms with Crippen molar-refractivity contribution >= 4 is 29.3 Å². The Bertz CT molecular complexity index is 710. The van der Waals surface area contributed by atoms with Crippen LogP contribution in [0.5, 0.6) is 5.75 Å². The summed E-state index contributed by atoms with van der Waals surface area (Å²) < 4.78 is 16.7. The minimum absolute atomic E-state index is 0. The number of carbonyl (C=O) groups is 1. The zero-order chi connectivity index (χ0) is 16.4. The van der Waals surface area contributed by atoms with Gasteiger partial charge in [-0.25, -0.2) is 0 Å². The Morgan fingerprint density at radius 1 is 1.46 bits per heavy atom. The van der Waals surface area contributed by atoms with E-state index >= 15 is 0 Å². The highest BCUT2D eigenvalue weighted by Gasteiger charge is 2.25. The van der Waals surface area contributed by atoms with Crippen molar-refractivity contribution in [1.82, 2.24) is 10.6 Å². The molecule has 2 aromatic rings. The normalized spacial score (nSPS) is 18.7. The van der Waals surface area contributed by atoms with Gasteiger partial charge in [0.25, 0.3) is 5.91 Å². The summed E-state index contributed by atoms with van der Waals surface area (Å²) in [7, 11) is 1.64. The first-order chi connectivity index (χ1) is 11.1. The first kappa shape index (κ1) is 18.6. The lowest BCUT2D eigenvalue weighted by Crippen LogP contribution is -2.48. The highest BCUT2D eigenvalue weighted by molar-refractivity contribution is 5.85. The second-order valence-electron chi connectivity index (χ2n) is 5.75. The molecule has 6 nitrogen and oxygen atoms in total. The summed E-state index contributed by atoms with van der Waals surface area (Å²) in [5.74, 6) is 1.42. The number of aryl methyl sites for hydroxylation is 1. The van der Waals surface area contributed by atoms with Crippen molar-refractivity contribution in [2.45, 2.75) is 26.0 Å². The monoisotopic (exact) mass is 354 g/mol. The SMILES string of the molecule is COc1ccc2oc(C(C)NC(=O)C3CNCCO3)c(C)c2c1.Cl. The summed E-state index contributed by atoms with van der Waals surface area (Å²) in [6.07, 6.45) is -0.448. The maximum Gasteiger partial charge on any atom is 0.251 e. The van der Waals surface area contributed by atoms with Crippen LogP contribution in [-0.4, -0.2) is 38.8 Å². The number of halogens is 1. The number of nitrogens with one attached hydrogen (secondary N) is 2. The van der Waals surface area contributed by atoms with Gasteiger partial charge in [0.2, 0.25) is 0 Å². The smallest absolute Gasteiger partial charge is 0.251 e. The van der Waals surface area contributed by atoms with E-state index in [1.165, 1.54) is 0 Å². The zero-order valence-corrected chi connectivity index (χ0v) is 14.9. The molecule has 0 radical (unpaired) electrons. The maximum absolute atomic E-state index is 12.3. The molecule has 2 N–H and O–H groups in total. The third kappa shape index (κ3) is 3.66. The number of hydrogen-bond donors (Lipinski definition) is 2. The Balaban J connectivity index is 0.00000208. The highest BCUT2D eigenvalue weighted by Crippen LogP contribution is 2.31. The molecule has 0 saturated carbocycles. The lowest BCUT2D eigenvalue weighted by molar-refractivity contribution is -0.135. The van der Waals surface area contributed by atoms with Crippen LogP contribution in [0.15, 0.2) is 22.6 Å². The number of rotatable bonds is 4. The van der Waals surface area contributed by atoms with E-state index in [1.54, 1.807) is 7.11 Å². The average Bonchev–Trinajstić information content (AvgIpc) is 2.92. The van der Waals surface area contributed by atoms with Crippen LogP contribution in [0.25, 0.3) is 11.0 Å². The zero-order valence-electron chi connectivity index (χ0n) is 14.0. The molecule has 0 spiro atoms. The number of amides is 1. The Kier molecular flexibility index (Phi) is 6.10. The molecule has 1 aliphatic rings. The standard InChI is InChI=1S/C17H22N2O4.ClH/c1-10-13-8-12(21-3)4-5-14(13)23-16(10)11(2)19-17(20)15-9-18-6-7-22-15;/h4-5,8,11,15,18H,6-7,9H2,1-3H3,(H,19,20);1H. The first-order valence-electron chi connectivity index (χ1n) is 7.80. The number of ether oxygens (including phenoxy) is 2. The molecule has 3 rings (SSSR count). The van der Waals surface area contributed by atoms with Crippen LogP contribution in [-0.2, 0) is 9.53 Å². The fraction of sp³-hybridized carbons (Fsp3) is 0.471. The fourth-order valence-electron chi connectivity index (χ4n) is 2.86. The van der Waals surface area contributed by atoms with Gasteiger partial charge in [-0.05, 0) is 32.0 Å². The number of morpholine rings is 1. The number of methoxy groups -OCH3 is 1. The molecule has 2 unspecified atom stereocenters. The van der Waals surface area contributed by atoms with Crippen LogP contribution in [0.3, 0.4) is 0 Å². The molecule has 0 aliphatic carbocycles. The molecule has 1 aromatic carbocycles. The molecular weight excluding hydrogens is 332 g/mol. The largest absolute Gasteiger partial charge is 0.497 e. The first-order valence-corrected chi connectivity index (χ1v) is 7.80. The highest BCUT2D eigenvalue weighted by atomic mass is 35.5. The number of furan rings is 1. The second kappa shape index (κ2) is 7.88. The van der Waals surface area contributed by atoms with Crippen LogP contribution >= 0.6 is 12.4 Å². The van der Waals surface area contributed by atoms with Crippen molar-refractivity contribution in [3.05, 3.63) is 29.5 Å². The van der Waals surface area contributed by atoms with Crippen molar-refractivity contribution in [1.29, 1.82) is 0 Å². The van der Waals surface area contributed by atoms with E-state index in [1.807, 2.05) is 32.0 Å². The van der Waals surface area contributed by atoms with E-state index in [2.05, 4.69) is 10.6 Å². The Morgan fingerprint density at radius 2 is 2.25 bits per heavy atom. The quantitative estimate of drug-likeness (QED) is 0.881. The number of hydrogen-bond acceptors (Lipinski definition) is 5. The topological polar surface area (TPSA) is 72.7 Å². The summed E-state index contributed by atoms with van der Waals surface area (Å²) in [4.78, 5) is 12.3. The van der Waals surface area contributed by atoms with Gasteiger partial charge < -0.3 is 24.5 Å². The van der Waals surface area contributed by atoms with E-state index in [9.17, 15) is 4.79 Å². The van der Waals surface area contributed by atoms with Crippen LogP contribution in [0.2, 0.25) is 0 Å². The predicted molar refractivity (Wildman–Crippen MR) is 93.9 cm³/mol. The van der Waals surface area contributed by atoms with Crippen LogP contribution in [0.4, 0.5) is 0 Å². The summed E-state index contributed by atoms with van der Waals surface area (Å²) >= 11 is 0. The minimum Gasteiger partial charge on any atom is -0.497 e. The molecule has 1 aromatic heterocycles. The van der Waals surface area contributed by atoms with Gasteiger partial charge in [0.05, 0.1) is 19.8 Å². The van der Waals surface area contributed by atoms with E-state index in [0.29, 0.717) is 13.2 Å². The van der Waals surface area contributed by atoms with Gasteiger partial charge in [0, 0.05) is 24.0 Å². The van der Waals surface area contributed by atoms with Gasteiger partial charge in [0.15, 0.2) is 0 Å². The van der Waals surface area contributed by atoms with E-state index in [-0.39, 0.29) is 24.4 Å². The van der Waals surface area contributed by atoms with Crippen LogP contribution in [0.1, 0.15) is 24.3 Å². The summed E-state index contributed by atoms with van der Waals surface area (Å²) in [5.41, 5.74) is 1.80. The van der Waals surface area contributed by atoms with Crippen LogP contribution in [0, 0.1) is 6.92 Å². The lowest BCUT2D eigenvalue weighted by Gasteiger charge is -2.24. The molecule has 0 bridgehead atoms. The molecule has 1 aliphatic heterocycles. The number of carbonyl (C=O) groups excluding carboxylic acids is 1. The van der Waals surface area contributed by atoms with E-state index < -0.39 is 6.10 Å². The van der Waals surface area contributed by atoms with Gasteiger partial charge in [0.1, 0.15) is 23.2 Å². The molecule has 7 heteroatoms. The number of benzene rings is 1.